The molecule has 5 heterocycles. The molecule has 0 unspecified atom stereocenters. The van der Waals surface area contributed by atoms with Crippen LogP contribution >= 0.6 is 35.0 Å². The van der Waals surface area contributed by atoms with E-state index in [4.69, 9.17) is 38.4 Å². The molecule has 57 heavy (non-hydrogen) atoms. The number of ether oxygens (including phenoxy) is 2. The average molecular weight is 839 g/mol. The Morgan fingerprint density at radius 2 is 1.81 bits per heavy atom. The number of fused-ring (bicyclic) bond motifs is 1. The lowest BCUT2D eigenvalue weighted by atomic mass is 10.0. The molecule has 2 saturated heterocycles. The molecule has 2 fully saturated rings. The zero-order valence-corrected chi connectivity index (χ0v) is 32.9. The van der Waals surface area contributed by atoms with E-state index in [1.54, 1.807) is 36.7 Å². The van der Waals surface area contributed by atoms with Gasteiger partial charge in [0.05, 0.1) is 54.6 Å². The maximum atomic E-state index is 13.9. The molecule has 2 aromatic carbocycles. The van der Waals surface area contributed by atoms with Crippen LogP contribution in [0.2, 0.25) is 10.0 Å². The summed E-state index contributed by atoms with van der Waals surface area (Å²) in [6.07, 6.45) is 7.42. The summed E-state index contributed by atoms with van der Waals surface area (Å²) in [6, 6.07) is 8.51. The van der Waals surface area contributed by atoms with Crippen LogP contribution in [0.3, 0.4) is 0 Å². The molecule has 0 radical (unpaired) electrons. The number of carbonyl (C=O) groups excluding carboxylic acids is 5. The summed E-state index contributed by atoms with van der Waals surface area (Å²) in [6.45, 7) is 1.87. The number of nitrogen functional groups attached to an aromatic ring is 1. The molecule has 298 valence electrons. The van der Waals surface area contributed by atoms with Gasteiger partial charge in [-0.3, -0.25) is 38.9 Å². The molecule has 1 atom stereocenters. The van der Waals surface area contributed by atoms with Crippen molar-refractivity contribution >= 4 is 70.3 Å². The molecular weight excluding hydrogens is 800 g/mol. The number of pyridine rings is 1. The summed E-state index contributed by atoms with van der Waals surface area (Å²) in [5.74, 6) is -1.68. The van der Waals surface area contributed by atoms with E-state index in [-0.39, 0.29) is 72.8 Å². The zero-order chi connectivity index (χ0) is 40.2. The van der Waals surface area contributed by atoms with E-state index in [0.717, 1.165) is 28.9 Å². The normalized spacial score (nSPS) is 17.3. The van der Waals surface area contributed by atoms with Crippen LogP contribution < -0.4 is 15.8 Å². The highest BCUT2D eigenvalue weighted by Gasteiger charge is 2.45. The first kappa shape index (κ1) is 40.2. The van der Waals surface area contributed by atoms with Gasteiger partial charge in [0.15, 0.2) is 11.6 Å². The lowest BCUT2D eigenvalue weighted by molar-refractivity contribution is -0.136. The number of amides is 5. The lowest BCUT2D eigenvalue weighted by Crippen LogP contribution is -2.54. The van der Waals surface area contributed by atoms with Gasteiger partial charge in [0.2, 0.25) is 17.7 Å². The number of nitrogens with two attached hydrogens (primary N) is 1. The number of thioether (sulfide) groups is 1. The minimum atomic E-state index is -1.03. The largest absolute Gasteiger partial charge is 0.489 e. The number of rotatable bonds is 14. The molecule has 3 N–H and O–H groups in total. The fourth-order valence-corrected chi connectivity index (χ4v) is 8.59. The van der Waals surface area contributed by atoms with Crippen LogP contribution in [0.15, 0.2) is 59.9 Å². The molecule has 0 spiro atoms. The number of piperidine rings is 2. The molecule has 3 aliphatic rings. The van der Waals surface area contributed by atoms with Crippen LogP contribution in [0, 0.1) is 5.82 Å². The molecule has 5 amide bonds. The summed E-state index contributed by atoms with van der Waals surface area (Å²) in [5, 5.41) is 7.10. The molecule has 2 aromatic heterocycles. The minimum Gasteiger partial charge on any atom is -0.489 e. The first-order chi connectivity index (χ1) is 27.5. The van der Waals surface area contributed by atoms with Crippen molar-refractivity contribution in [1.29, 1.82) is 0 Å². The number of benzene rings is 2. The third-order valence-electron chi connectivity index (χ3n) is 10.1. The van der Waals surface area contributed by atoms with Gasteiger partial charge in [-0.1, -0.05) is 29.3 Å². The summed E-state index contributed by atoms with van der Waals surface area (Å²) in [7, 11) is 0. The number of anilines is 1. The Morgan fingerprint density at radius 1 is 1.00 bits per heavy atom. The number of nitrogens with one attached hydrogen (secondary N) is 1. The van der Waals surface area contributed by atoms with E-state index >= 15 is 0 Å². The predicted molar refractivity (Wildman–Crippen MR) is 210 cm³/mol. The number of hydrogen-bond donors (Lipinski definition) is 2. The van der Waals surface area contributed by atoms with Gasteiger partial charge in [0.25, 0.3) is 11.8 Å². The van der Waals surface area contributed by atoms with Crippen LogP contribution in [0.25, 0.3) is 11.1 Å². The summed E-state index contributed by atoms with van der Waals surface area (Å²) >= 11 is 13.6. The van der Waals surface area contributed by atoms with E-state index in [1.165, 1.54) is 23.9 Å². The zero-order valence-electron chi connectivity index (χ0n) is 30.5. The van der Waals surface area contributed by atoms with Gasteiger partial charge in [0.1, 0.15) is 11.9 Å². The van der Waals surface area contributed by atoms with Crippen LogP contribution in [0.1, 0.15) is 64.4 Å². The van der Waals surface area contributed by atoms with E-state index < -0.39 is 35.5 Å². The van der Waals surface area contributed by atoms with Crippen molar-refractivity contribution < 1.29 is 37.8 Å². The van der Waals surface area contributed by atoms with Crippen molar-refractivity contribution in [2.45, 2.75) is 55.5 Å². The van der Waals surface area contributed by atoms with Gasteiger partial charge in [0, 0.05) is 65.1 Å². The summed E-state index contributed by atoms with van der Waals surface area (Å²) in [4.78, 5) is 71.0. The molecule has 0 bridgehead atoms. The van der Waals surface area contributed by atoms with E-state index in [1.807, 2.05) is 15.8 Å². The molecule has 0 aliphatic carbocycles. The molecule has 4 aromatic rings. The van der Waals surface area contributed by atoms with Crippen molar-refractivity contribution in [3.8, 4) is 16.9 Å². The highest BCUT2D eigenvalue weighted by atomic mass is 35.5. The second-order valence-electron chi connectivity index (χ2n) is 13.7. The van der Waals surface area contributed by atoms with E-state index in [0.29, 0.717) is 46.7 Å². The average Bonchev–Trinajstić information content (AvgIpc) is 3.80. The second kappa shape index (κ2) is 17.6. The molecule has 14 nitrogen and oxygen atoms in total. The van der Waals surface area contributed by atoms with Crippen molar-refractivity contribution in [3.05, 3.63) is 87.5 Å². The van der Waals surface area contributed by atoms with Crippen molar-refractivity contribution in [1.82, 2.24) is 29.9 Å². The molecule has 3 aliphatic heterocycles. The number of likely N-dealkylation sites (tertiary alicyclic amines) is 1. The third kappa shape index (κ3) is 8.78. The Labute approximate surface area is 341 Å². The number of hydrogen-bond acceptors (Lipinski definition) is 11. The van der Waals surface area contributed by atoms with Gasteiger partial charge in [-0.15, -0.1) is 11.8 Å². The Hall–Kier alpha value is -5.03. The van der Waals surface area contributed by atoms with Crippen molar-refractivity contribution in [2.24, 2.45) is 0 Å². The van der Waals surface area contributed by atoms with Gasteiger partial charge in [-0.25, -0.2) is 9.37 Å². The SMILES string of the molecule is Nc1ncc(-c2cnn(C3CCN(C(=O)CCOCCSc4cccc5c4C(=O)N([C@@H]4CCC(=O)NC4=O)C5=O)CC3)c2)cc1OCCc1c(Cl)ccc(F)c1Cl. The number of carbonyl (C=O) groups is 5. The molecular formula is C39H38Cl2FN7O7S. The highest BCUT2D eigenvalue weighted by Crippen LogP contribution is 2.35. The Balaban J connectivity index is 0.833. The topological polar surface area (TPSA) is 179 Å². The van der Waals surface area contributed by atoms with Crippen LogP contribution in [-0.2, 0) is 25.5 Å². The van der Waals surface area contributed by atoms with Crippen LogP contribution in [0.4, 0.5) is 10.2 Å². The highest BCUT2D eigenvalue weighted by molar-refractivity contribution is 7.99. The monoisotopic (exact) mass is 837 g/mol. The van der Waals surface area contributed by atoms with Crippen LogP contribution in [-0.4, -0.2) is 98.8 Å². The third-order valence-corrected chi connectivity index (χ3v) is 11.9. The standard InChI is InChI=1S/C39H38Cl2FN7O7S/c40-27-4-5-28(42)35(41)25(27)10-15-56-30-18-22(19-44-36(30)43)23-20-45-48(21-23)24-8-12-47(13-9-24)33(51)11-14-55-16-17-57-31-3-1-2-26-34(31)39(54)49(38(26)53)29-6-7-32(50)46-37(29)52/h1-5,18-21,24,29H,6-17H2,(H2,43,44)(H,46,50,52)/t29-/m1/s1. The van der Waals surface area contributed by atoms with Crippen molar-refractivity contribution in [3.63, 3.8) is 0 Å². The molecule has 7 rings (SSSR count). The number of nitrogens with zero attached hydrogens (tertiary/aromatic N) is 5. The Morgan fingerprint density at radius 3 is 2.60 bits per heavy atom. The maximum Gasteiger partial charge on any atom is 0.263 e. The Kier molecular flexibility index (Phi) is 12.4. The Bertz CT molecular complexity index is 2230. The smallest absolute Gasteiger partial charge is 0.263 e. The molecule has 18 heteroatoms. The maximum absolute atomic E-state index is 13.9. The lowest BCUT2D eigenvalue weighted by Gasteiger charge is -2.32. The number of imide groups is 2. The second-order valence-corrected chi connectivity index (χ2v) is 15.6. The quantitative estimate of drug-likeness (QED) is 0.0723. The predicted octanol–water partition coefficient (Wildman–Crippen LogP) is 5.36. The fourth-order valence-electron chi connectivity index (χ4n) is 7.09. The van der Waals surface area contributed by atoms with Crippen molar-refractivity contribution in [2.75, 3.05) is 44.4 Å². The first-order valence-electron chi connectivity index (χ1n) is 18.4. The van der Waals surface area contributed by atoms with Gasteiger partial charge in [-0.2, -0.15) is 5.10 Å². The van der Waals surface area contributed by atoms with Crippen LogP contribution in [0.5, 0.6) is 5.75 Å². The van der Waals surface area contributed by atoms with E-state index in [9.17, 15) is 28.4 Å². The summed E-state index contributed by atoms with van der Waals surface area (Å²) in [5.41, 5.74) is 8.57. The van der Waals surface area contributed by atoms with Gasteiger partial charge < -0.3 is 20.1 Å². The number of aromatic nitrogens is 3. The van der Waals surface area contributed by atoms with Gasteiger partial charge >= 0.3 is 0 Å². The minimum absolute atomic E-state index is 0.00297. The van der Waals surface area contributed by atoms with Gasteiger partial charge in [-0.05, 0) is 55.2 Å². The number of halogens is 3. The first-order valence-corrected chi connectivity index (χ1v) is 20.1. The van der Waals surface area contributed by atoms with E-state index in [2.05, 4.69) is 15.4 Å². The summed E-state index contributed by atoms with van der Waals surface area (Å²) < 4.78 is 27.4. The molecule has 0 saturated carbocycles. The fraction of sp³-hybridized carbons (Fsp3) is 0.359.